The molecule has 1 fully saturated rings. The highest BCUT2D eigenvalue weighted by atomic mass is 19.1. The molecule has 142 valence electrons. The molecule has 0 atom stereocenters. The van der Waals surface area contributed by atoms with E-state index < -0.39 is 5.97 Å². The van der Waals surface area contributed by atoms with Gasteiger partial charge in [-0.1, -0.05) is 12.1 Å². The van der Waals surface area contributed by atoms with Crippen LogP contribution in [-0.2, 0) is 11.3 Å². The Hall–Kier alpha value is -2.93. The first-order valence-electron chi connectivity index (χ1n) is 8.76. The first-order chi connectivity index (χ1) is 13.0. The maximum Gasteiger partial charge on any atom is 0.337 e. The Kier molecular flexibility index (Phi) is 6.03. The molecule has 2 amide bonds. The van der Waals surface area contributed by atoms with Crippen molar-refractivity contribution in [2.45, 2.75) is 6.54 Å². The van der Waals surface area contributed by atoms with Crippen molar-refractivity contribution in [2.75, 3.05) is 38.6 Å². The van der Waals surface area contributed by atoms with Gasteiger partial charge in [-0.3, -0.25) is 4.90 Å². The van der Waals surface area contributed by atoms with E-state index in [0.29, 0.717) is 30.9 Å². The minimum absolute atomic E-state index is 0.175. The molecule has 6 nitrogen and oxygen atoms in total. The Balaban J connectivity index is 1.49. The summed E-state index contributed by atoms with van der Waals surface area (Å²) >= 11 is 0. The van der Waals surface area contributed by atoms with Gasteiger partial charge in [-0.05, 0) is 42.0 Å². The molecule has 0 radical (unpaired) electrons. The number of hydrogen-bond acceptors (Lipinski definition) is 4. The quantitative estimate of drug-likeness (QED) is 0.840. The number of esters is 1. The molecule has 1 N–H and O–H groups in total. The van der Waals surface area contributed by atoms with Crippen LogP contribution in [-0.4, -0.2) is 55.1 Å². The van der Waals surface area contributed by atoms with E-state index in [1.54, 1.807) is 35.2 Å². The summed E-state index contributed by atoms with van der Waals surface area (Å²) in [4.78, 5) is 27.8. The fourth-order valence-corrected chi connectivity index (χ4v) is 3.01. The number of ether oxygens (including phenoxy) is 1. The molecule has 27 heavy (non-hydrogen) atoms. The van der Waals surface area contributed by atoms with Crippen molar-refractivity contribution in [1.82, 2.24) is 9.80 Å². The number of carbonyl (C=O) groups excluding carboxylic acids is 2. The normalized spacial score (nSPS) is 14.7. The van der Waals surface area contributed by atoms with Crippen molar-refractivity contribution in [3.63, 3.8) is 0 Å². The number of urea groups is 1. The van der Waals surface area contributed by atoms with Gasteiger partial charge in [0.05, 0.1) is 12.7 Å². The second-order valence-electron chi connectivity index (χ2n) is 6.39. The molecule has 1 saturated heterocycles. The zero-order chi connectivity index (χ0) is 19.2. The molecule has 0 spiro atoms. The van der Waals surface area contributed by atoms with E-state index in [4.69, 9.17) is 0 Å². The number of methoxy groups -OCH3 is 1. The third-order valence-corrected chi connectivity index (χ3v) is 4.51. The molecule has 0 saturated carbocycles. The smallest absolute Gasteiger partial charge is 0.337 e. The number of hydrogen-bond donors (Lipinski definition) is 1. The van der Waals surface area contributed by atoms with E-state index >= 15 is 0 Å². The third kappa shape index (κ3) is 5.04. The van der Waals surface area contributed by atoms with Gasteiger partial charge in [0.1, 0.15) is 5.82 Å². The van der Waals surface area contributed by atoms with Crippen molar-refractivity contribution in [1.29, 1.82) is 0 Å². The Morgan fingerprint density at radius 3 is 2.41 bits per heavy atom. The van der Waals surface area contributed by atoms with E-state index in [2.05, 4.69) is 15.0 Å². The van der Waals surface area contributed by atoms with E-state index in [1.807, 2.05) is 6.07 Å². The summed E-state index contributed by atoms with van der Waals surface area (Å²) < 4.78 is 17.9. The minimum atomic E-state index is -0.415. The number of nitrogens with zero attached hydrogens (tertiary/aromatic N) is 2. The van der Waals surface area contributed by atoms with Crippen LogP contribution in [0.25, 0.3) is 0 Å². The molecular weight excluding hydrogens is 349 g/mol. The van der Waals surface area contributed by atoms with Crippen LogP contribution in [0, 0.1) is 5.82 Å². The predicted molar refractivity (Wildman–Crippen MR) is 100 cm³/mol. The van der Waals surface area contributed by atoms with Gasteiger partial charge in [-0.2, -0.15) is 0 Å². The zero-order valence-electron chi connectivity index (χ0n) is 15.2. The van der Waals surface area contributed by atoms with Crippen LogP contribution in [0.2, 0.25) is 0 Å². The van der Waals surface area contributed by atoms with Crippen molar-refractivity contribution in [3.8, 4) is 0 Å². The van der Waals surface area contributed by atoms with Gasteiger partial charge in [0, 0.05) is 38.4 Å². The van der Waals surface area contributed by atoms with E-state index in [1.165, 1.54) is 19.2 Å². The van der Waals surface area contributed by atoms with Crippen LogP contribution in [0.15, 0.2) is 48.5 Å². The van der Waals surface area contributed by atoms with Crippen molar-refractivity contribution in [2.24, 2.45) is 0 Å². The highest BCUT2D eigenvalue weighted by molar-refractivity contribution is 5.92. The molecule has 0 aliphatic carbocycles. The van der Waals surface area contributed by atoms with Crippen molar-refractivity contribution >= 4 is 17.7 Å². The van der Waals surface area contributed by atoms with Gasteiger partial charge < -0.3 is 15.0 Å². The van der Waals surface area contributed by atoms with Crippen molar-refractivity contribution < 1.29 is 18.7 Å². The first kappa shape index (κ1) is 18.8. The Morgan fingerprint density at radius 2 is 1.78 bits per heavy atom. The molecule has 0 unspecified atom stereocenters. The number of rotatable bonds is 4. The molecule has 2 aromatic rings. The standard InChI is InChI=1S/C20H22FN3O3/c1-27-19(25)16-5-7-18(8-6-16)22-20(26)24-11-9-23(10-12-24)14-15-3-2-4-17(21)13-15/h2-8,13H,9-12,14H2,1H3,(H,22,26). The van der Waals surface area contributed by atoms with Crippen LogP contribution in [0.3, 0.4) is 0 Å². The first-order valence-corrected chi connectivity index (χ1v) is 8.76. The summed E-state index contributed by atoms with van der Waals surface area (Å²) in [5.74, 6) is -0.647. The SMILES string of the molecule is COC(=O)c1ccc(NC(=O)N2CCN(Cc3cccc(F)c3)CC2)cc1. The maximum absolute atomic E-state index is 13.3. The summed E-state index contributed by atoms with van der Waals surface area (Å²) in [5, 5.41) is 2.83. The largest absolute Gasteiger partial charge is 0.465 e. The lowest BCUT2D eigenvalue weighted by atomic mass is 10.2. The minimum Gasteiger partial charge on any atom is -0.465 e. The molecule has 1 aliphatic rings. The number of benzene rings is 2. The second-order valence-corrected chi connectivity index (χ2v) is 6.39. The summed E-state index contributed by atoms with van der Waals surface area (Å²) in [5.41, 5.74) is 1.98. The molecule has 1 aliphatic heterocycles. The Bertz CT molecular complexity index is 802. The average Bonchev–Trinajstić information content (AvgIpc) is 2.68. The van der Waals surface area contributed by atoms with Crippen molar-refractivity contribution in [3.05, 3.63) is 65.5 Å². The lowest BCUT2D eigenvalue weighted by molar-refractivity contribution is 0.0600. The van der Waals surface area contributed by atoms with Gasteiger partial charge in [0.25, 0.3) is 0 Å². The van der Waals surface area contributed by atoms with Crippen LogP contribution in [0.4, 0.5) is 14.9 Å². The summed E-state index contributed by atoms with van der Waals surface area (Å²) in [6.07, 6.45) is 0. The fraction of sp³-hybridized carbons (Fsp3) is 0.300. The van der Waals surface area contributed by atoms with Gasteiger partial charge in [-0.15, -0.1) is 0 Å². The number of amides is 2. The van der Waals surface area contributed by atoms with E-state index in [0.717, 1.165) is 18.7 Å². The average molecular weight is 371 g/mol. The fourth-order valence-electron chi connectivity index (χ4n) is 3.01. The molecule has 0 bridgehead atoms. The Morgan fingerprint density at radius 1 is 1.07 bits per heavy atom. The molecule has 3 rings (SSSR count). The van der Waals surface area contributed by atoms with E-state index in [-0.39, 0.29) is 11.8 Å². The monoisotopic (exact) mass is 371 g/mol. The number of halogens is 1. The van der Waals surface area contributed by atoms with Gasteiger partial charge in [-0.25, -0.2) is 14.0 Å². The molecule has 1 heterocycles. The van der Waals surface area contributed by atoms with Gasteiger partial charge >= 0.3 is 12.0 Å². The predicted octanol–water partition coefficient (Wildman–Crippen LogP) is 2.96. The highest BCUT2D eigenvalue weighted by Gasteiger charge is 2.21. The van der Waals surface area contributed by atoms with Crippen LogP contribution >= 0.6 is 0 Å². The molecule has 7 heteroatoms. The molecule has 2 aromatic carbocycles. The van der Waals surface area contributed by atoms with Crippen LogP contribution in [0.5, 0.6) is 0 Å². The summed E-state index contributed by atoms with van der Waals surface area (Å²) in [7, 11) is 1.33. The molecular formula is C20H22FN3O3. The molecule has 0 aromatic heterocycles. The second kappa shape index (κ2) is 8.64. The Labute approximate surface area is 157 Å². The zero-order valence-corrected chi connectivity index (χ0v) is 15.2. The number of carbonyl (C=O) groups is 2. The van der Waals surface area contributed by atoms with Gasteiger partial charge in [0.2, 0.25) is 0 Å². The lowest BCUT2D eigenvalue weighted by Crippen LogP contribution is -2.49. The summed E-state index contributed by atoms with van der Waals surface area (Å²) in [6, 6.07) is 13.0. The van der Waals surface area contributed by atoms with E-state index in [9.17, 15) is 14.0 Å². The van der Waals surface area contributed by atoms with Crippen LogP contribution in [0.1, 0.15) is 15.9 Å². The summed E-state index contributed by atoms with van der Waals surface area (Å²) in [6.45, 7) is 3.32. The topological polar surface area (TPSA) is 61.9 Å². The van der Waals surface area contributed by atoms with Gasteiger partial charge in [0.15, 0.2) is 0 Å². The highest BCUT2D eigenvalue weighted by Crippen LogP contribution is 2.14. The number of nitrogens with one attached hydrogen (secondary N) is 1. The maximum atomic E-state index is 13.3. The van der Waals surface area contributed by atoms with Crippen LogP contribution < -0.4 is 5.32 Å². The number of anilines is 1. The lowest BCUT2D eigenvalue weighted by Gasteiger charge is -2.34. The third-order valence-electron chi connectivity index (χ3n) is 4.51. The number of piperazine rings is 1.